The van der Waals surface area contributed by atoms with Crippen molar-refractivity contribution in [2.45, 2.75) is 12.8 Å². The van der Waals surface area contributed by atoms with Gasteiger partial charge in [0.05, 0.1) is 17.7 Å². The molecule has 0 aromatic heterocycles. The summed E-state index contributed by atoms with van der Waals surface area (Å²) in [6.07, 6.45) is -4.72. The van der Waals surface area contributed by atoms with Crippen molar-refractivity contribution < 1.29 is 28.2 Å². The van der Waals surface area contributed by atoms with Crippen LogP contribution in [0.2, 0.25) is 0 Å². The van der Waals surface area contributed by atoms with Gasteiger partial charge in [0, 0.05) is 0 Å². The van der Waals surface area contributed by atoms with E-state index in [1.165, 1.54) is 0 Å². The maximum absolute atomic E-state index is 12.9. The zero-order chi connectivity index (χ0) is 15.6. The summed E-state index contributed by atoms with van der Waals surface area (Å²) in [5.41, 5.74) is -1.34. The second kappa shape index (κ2) is 5.57. The first-order valence-electron chi connectivity index (χ1n) is 5.98. The zero-order valence-electron chi connectivity index (χ0n) is 10.7. The van der Waals surface area contributed by atoms with Crippen molar-refractivity contribution in [3.05, 3.63) is 59.2 Å². The highest BCUT2D eigenvalue weighted by Gasteiger charge is 2.35. The lowest BCUT2D eigenvalue weighted by Gasteiger charge is -2.15. The second-order valence-electron chi connectivity index (χ2n) is 4.38. The summed E-state index contributed by atoms with van der Waals surface area (Å²) in [6.45, 7) is -0.825. The van der Waals surface area contributed by atoms with Gasteiger partial charge in [0.1, 0.15) is 0 Å². The van der Waals surface area contributed by atoms with Crippen molar-refractivity contribution in [3.63, 3.8) is 0 Å². The summed E-state index contributed by atoms with van der Waals surface area (Å²) in [6, 6.07) is 9.83. The van der Waals surface area contributed by atoms with E-state index in [1.807, 2.05) is 0 Å². The summed E-state index contributed by atoms with van der Waals surface area (Å²) in [5, 5.41) is 18.3. The largest absolute Gasteiger partial charge is 0.478 e. The first-order chi connectivity index (χ1) is 9.84. The lowest BCUT2D eigenvalue weighted by molar-refractivity contribution is -0.138. The Balaban J connectivity index is 2.74. The summed E-state index contributed by atoms with van der Waals surface area (Å²) < 4.78 is 38.7. The molecule has 0 radical (unpaired) electrons. The fourth-order valence-electron chi connectivity index (χ4n) is 2.07. The minimum absolute atomic E-state index is 0.139. The molecule has 2 aromatic carbocycles. The van der Waals surface area contributed by atoms with E-state index in [0.29, 0.717) is 11.6 Å². The Morgan fingerprint density at radius 1 is 1.10 bits per heavy atom. The van der Waals surface area contributed by atoms with Crippen LogP contribution in [-0.4, -0.2) is 16.2 Å². The third-order valence-electron chi connectivity index (χ3n) is 3.03. The van der Waals surface area contributed by atoms with Crippen LogP contribution in [0, 0.1) is 0 Å². The number of aromatic carboxylic acids is 1. The number of rotatable bonds is 3. The fraction of sp³-hybridized carbons (Fsp3) is 0.133. The molecule has 2 rings (SSSR count). The highest BCUT2D eigenvalue weighted by Crippen LogP contribution is 2.36. The number of hydrogen-bond acceptors (Lipinski definition) is 2. The zero-order valence-corrected chi connectivity index (χ0v) is 10.7. The molecule has 0 spiro atoms. The van der Waals surface area contributed by atoms with Crippen molar-refractivity contribution >= 4 is 5.97 Å². The molecule has 0 heterocycles. The van der Waals surface area contributed by atoms with Crippen LogP contribution < -0.4 is 0 Å². The number of benzene rings is 2. The van der Waals surface area contributed by atoms with Crippen LogP contribution >= 0.6 is 0 Å². The van der Waals surface area contributed by atoms with Crippen LogP contribution in [0.4, 0.5) is 13.2 Å². The third kappa shape index (κ3) is 3.05. The second-order valence-corrected chi connectivity index (χ2v) is 4.38. The highest BCUT2D eigenvalue weighted by molar-refractivity contribution is 5.96. The molecule has 3 nitrogen and oxygen atoms in total. The van der Waals surface area contributed by atoms with Gasteiger partial charge in [-0.3, -0.25) is 0 Å². The Bertz CT molecular complexity index is 664. The van der Waals surface area contributed by atoms with Crippen molar-refractivity contribution in [1.29, 1.82) is 0 Å². The van der Waals surface area contributed by atoms with Gasteiger partial charge < -0.3 is 10.2 Å². The molecule has 0 fully saturated rings. The van der Waals surface area contributed by atoms with Gasteiger partial charge in [0.25, 0.3) is 0 Å². The van der Waals surface area contributed by atoms with Gasteiger partial charge in [-0.2, -0.15) is 13.2 Å². The predicted octanol–water partition coefficient (Wildman–Crippen LogP) is 3.56. The highest BCUT2D eigenvalue weighted by atomic mass is 19.4. The van der Waals surface area contributed by atoms with Crippen LogP contribution in [0.5, 0.6) is 0 Å². The van der Waals surface area contributed by atoms with E-state index in [1.54, 1.807) is 30.3 Å². The smallest absolute Gasteiger partial charge is 0.416 e. The minimum Gasteiger partial charge on any atom is -0.478 e. The van der Waals surface area contributed by atoms with E-state index in [9.17, 15) is 18.0 Å². The lowest BCUT2D eigenvalue weighted by atomic mass is 9.93. The topological polar surface area (TPSA) is 57.5 Å². The number of hydrogen-bond donors (Lipinski definition) is 2. The van der Waals surface area contributed by atoms with Crippen LogP contribution in [-0.2, 0) is 12.8 Å². The molecule has 21 heavy (non-hydrogen) atoms. The SMILES string of the molecule is O=C(O)c1cc(C(F)(F)F)c(CO)cc1-c1ccccc1. The standard InChI is InChI=1S/C15H11F3O3/c16-15(17,18)13-7-12(14(20)21)11(6-10(13)8-19)9-4-2-1-3-5-9/h1-7,19H,8H2,(H,20,21). The summed E-state index contributed by atoms with van der Waals surface area (Å²) >= 11 is 0. The number of alkyl halides is 3. The molecule has 6 heteroatoms. The molecule has 0 amide bonds. The number of aliphatic hydroxyl groups is 1. The molecule has 0 saturated heterocycles. The Hall–Kier alpha value is -2.34. The number of aliphatic hydroxyl groups excluding tert-OH is 1. The maximum Gasteiger partial charge on any atom is 0.416 e. The van der Waals surface area contributed by atoms with Crippen LogP contribution in [0.3, 0.4) is 0 Å². The fourth-order valence-corrected chi connectivity index (χ4v) is 2.07. The predicted molar refractivity (Wildman–Crippen MR) is 69.8 cm³/mol. The van der Waals surface area contributed by atoms with E-state index in [4.69, 9.17) is 10.2 Å². The maximum atomic E-state index is 12.9. The van der Waals surface area contributed by atoms with Crippen molar-refractivity contribution in [1.82, 2.24) is 0 Å². The quantitative estimate of drug-likeness (QED) is 0.910. The molecule has 0 bridgehead atoms. The van der Waals surface area contributed by atoms with Gasteiger partial charge in [-0.1, -0.05) is 30.3 Å². The molecule has 110 valence electrons. The first kappa shape index (κ1) is 15.1. The molecule has 0 aliphatic heterocycles. The third-order valence-corrected chi connectivity index (χ3v) is 3.03. The number of halogens is 3. The number of carbonyl (C=O) groups is 1. The number of carboxylic acids is 1. The average molecular weight is 296 g/mol. The Morgan fingerprint density at radius 2 is 1.71 bits per heavy atom. The summed E-state index contributed by atoms with van der Waals surface area (Å²) in [5.74, 6) is -1.45. The number of carboxylic acid groups (broad SMARTS) is 1. The van der Waals surface area contributed by atoms with Gasteiger partial charge in [0.2, 0.25) is 0 Å². The summed E-state index contributed by atoms with van der Waals surface area (Å²) in [7, 11) is 0. The Labute approximate surface area is 118 Å². The van der Waals surface area contributed by atoms with Crippen LogP contribution in [0.15, 0.2) is 42.5 Å². The molecule has 0 atom stereocenters. The normalized spacial score (nSPS) is 11.4. The molecule has 2 N–H and O–H groups in total. The van der Waals surface area contributed by atoms with Crippen LogP contribution in [0.1, 0.15) is 21.5 Å². The minimum atomic E-state index is -4.72. The van der Waals surface area contributed by atoms with Crippen molar-refractivity contribution in [2.75, 3.05) is 0 Å². The van der Waals surface area contributed by atoms with E-state index < -0.39 is 29.9 Å². The first-order valence-corrected chi connectivity index (χ1v) is 5.98. The Morgan fingerprint density at radius 3 is 2.19 bits per heavy atom. The monoisotopic (exact) mass is 296 g/mol. The van der Waals surface area contributed by atoms with Crippen LogP contribution in [0.25, 0.3) is 11.1 Å². The Kier molecular flexibility index (Phi) is 3.99. The van der Waals surface area contributed by atoms with Gasteiger partial charge in [-0.25, -0.2) is 4.79 Å². The lowest BCUT2D eigenvalue weighted by Crippen LogP contribution is -2.12. The van der Waals surface area contributed by atoms with Gasteiger partial charge in [-0.15, -0.1) is 0 Å². The van der Waals surface area contributed by atoms with E-state index in [0.717, 1.165) is 6.07 Å². The van der Waals surface area contributed by atoms with Gasteiger partial charge in [0.15, 0.2) is 0 Å². The molecular formula is C15H11F3O3. The molecule has 0 unspecified atom stereocenters. The summed E-state index contributed by atoms with van der Waals surface area (Å²) in [4.78, 5) is 11.2. The van der Waals surface area contributed by atoms with Crippen molar-refractivity contribution in [2.24, 2.45) is 0 Å². The van der Waals surface area contributed by atoms with Crippen molar-refractivity contribution in [3.8, 4) is 11.1 Å². The van der Waals surface area contributed by atoms with E-state index >= 15 is 0 Å². The van der Waals surface area contributed by atoms with Gasteiger partial charge >= 0.3 is 12.1 Å². The van der Waals surface area contributed by atoms with E-state index in [2.05, 4.69) is 0 Å². The molecule has 0 saturated carbocycles. The molecule has 2 aromatic rings. The molecule has 0 aliphatic carbocycles. The molecule has 0 aliphatic rings. The average Bonchev–Trinajstić information content (AvgIpc) is 2.45. The van der Waals surface area contributed by atoms with Gasteiger partial charge in [-0.05, 0) is 28.8 Å². The molecular weight excluding hydrogens is 285 g/mol. The van der Waals surface area contributed by atoms with E-state index in [-0.39, 0.29) is 11.1 Å².